The molecule has 0 aliphatic rings. The molecule has 6 heteroatoms. The molecule has 0 aromatic heterocycles. The van der Waals surface area contributed by atoms with Crippen molar-refractivity contribution in [3.8, 4) is 0 Å². The number of carbonyl (C=O) groups is 1. The van der Waals surface area contributed by atoms with Crippen molar-refractivity contribution in [1.82, 2.24) is 5.32 Å². The Morgan fingerprint density at radius 2 is 2.24 bits per heavy atom. The van der Waals surface area contributed by atoms with Crippen molar-refractivity contribution in [3.63, 3.8) is 0 Å². The summed E-state index contributed by atoms with van der Waals surface area (Å²) in [6.45, 7) is 3.60. The zero-order valence-electron chi connectivity index (χ0n) is 10.3. The molecule has 1 unspecified atom stereocenters. The van der Waals surface area contributed by atoms with E-state index in [9.17, 15) is 14.9 Å². The van der Waals surface area contributed by atoms with Crippen LogP contribution in [-0.2, 0) is 9.63 Å². The van der Waals surface area contributed by atoms with E-state index in [-0.39, 0.29) is 18.6 Å². The smallest absolute Gasteiger partial charge is 0.294 e. The number of allylic oxidation sites excluding steroid dienone is 2. The van der Waals surface area contributed by atoms with Crippen molar-refractivity contribution < 1.29 is 14.7 Å². The molecule has 1 atom stereocenters. The Hall–Kier alpha value is -1.59. The minimum atomic E-state index is -0.863. The second-order valence-corrected chi connectivity index (χ2v) is 3.76. The lowest BCUT2D eigenvalue weighted by Gasteiger charge is -2.11. The average Bonchev–Trinajstić information content (AvgIpc) is 2.26. The number of rotatable bonds is 9. The van der Waals surface area contributed by atoms with Gasteiger partial charge in [-0.2, -0.15) is 0 Å². The number of carbonyl (C=O) groups excluding carboxylic acids is 1. The van der Waals surface area contributed by atoms with E-state index >= 15 is 0 Å². The fourth-order valence-corrected chi connectivity index (χ4v) is 1.23. The molecule has 98 valence electrons. The van der Waals surface area contributed by atoms with Crippen molar-refractivity contribution >= 4 is 5.91 Å². The Kier molecular flexibility index (Phi) is 8.72. The summed E-state index contributed by atoms with van der Waals surface area (Å²) in [6, 6.07) is -0.348. The van der Waals surface area contributed by atoms with Gasteiger partial charge in [-0.25, -0.2) is 0 Å². The Morgan fingerprint density at radius 3 is 2.82 bits per heavy atom. The summed E-state index contributed by atoms with van der Waals surface area (Å²) in [5.41, 5.74) is 0. The van der Waals surface area contributed by atoms with Crippen molar-refractivity contribution in [3.05, 3.63) is 22.3 Å². The van der Waals surface area contributed by atoms with Crippen molar-refractivity contribution in [2.45, 2.75) is 45.6 Å². The van der Waals surface area contributed by atoms with Crippen LogP contribution in [0.3, 0.4) is 0 Å². The molecule has 17 heavy (non-hydrogen) atoms. The highest BCUT2D eigenvalue weighted by molar-refractivity contribution is 5.76. The molecule has 0 rings (SSSR count). The molecule has 0 aromatic carbocycles. The summed E-state index contributed by atoms with van der Waals surface area (Å²) in [7, 11) is 0. The minimum absolute atomic E-state index is 0.102. The lowest BCUT2D eigenvalue weighted by molar-refractivity contribution is -0.758. The van der Waals surface area contributed by atoms with Gasteiger partial charge in [-0.1, -0.05) is 19.1 Å². The van der Waals surface area contributed by atoms with Gasteiger partial charge in [-0.05, 0) is 26.2 Å². The van der Waals surface area contributed by atoms with E-state index in [0.29, 0.717) is 6.42 Å². The fraction of sp³-hybridized carbons (Fsp3) is 0.727. The Labute approximate surface area is 101 Å². The Balaban J connectivity index is 3.56. The zero-order valence-corrected chi connectivity index (χ0v) is 10.3. The van der Waals surface area contributed by atoms with E-state index in [2.05, 4.69) is 23.2 Å². The molecule has 6 nitrogen and oxygen atoms in total. The normalized spacial score (nSPS) is 12.4. The highest BCUT2D eigenvalue weighted by Gasteiger charge is 2.08. The van der Waals surface area contributed by atoms with E-state index in [4.69, 9.17) is 0 Å². The highest BCUT2D eigenvalue weighted by atomic mass is 16.9. The molecule has 0 heterocycles. The molecule has 0 aliphatic heterocycles. The Bertz CT molecular complexity index is 266. The minimum Gasteiger partial charge on any atom is -0.352 e. The van der Waals surface area contributed by atoms with Crippen LogP contribution < -0.4 is 5.32 Å². The molecule has 1 amide bonds. The van der Waals surface area contributed by atoms with Crippen LogP contribution in [0.15, 0.2) is 12.2 Å². The number of amides is 1. The van der Waals surface area contributed by atoms with E-state index in [0.717, 1.165) is 19.3 Å². The average molecular weight is 244 g/mol. The number of hydrogen-bond acceptors (Lipinski definition) is 4. The third-order valence-electron chi connectivity index (χ3n) is 2.01. The molecule has 0 bridgehead atoms. The van der Waals surface area contributed by atoms with Crippen LogP contribution >= 0.6 is 0 Å². The standard InChI is InChI=1S/C11H20N2O4/c1-3-4-5-6-7-8-11(14)12-10(2)9-17-13(15)16/h4-5,10H,3,6-9H2,1-2H3,(H,12,14)/b5-4-. The predicted molar refractivity (Wildman–Crippen MR) is 63.8 cm³/mol. The van der Waals surface area contributed by atoms with Crippen LogP contribution in [0, 0.1) is 10.1 Å². The van der Waals surface area contributed by atoms with Crippen molar-refractivity contribution in [2.24, 2.45) is 0 Å². The van der Waals surface area contributed by atoms with Crippen LogP contribution in [0.2, 0.25) is 0 Å². The van der Waals surface area contributed by atoms with Gasteiger partial charge in [-0.3, -0.25) is 4.79 Å². The lowest BCUT2D eigenvalue weighted by atomic mass is 10.2. The largest absolute Gasteiger partial charge is 0.352 e. The lowest BCUT2D eigenvalue weighted by Crippen LogP contribution is -2.36. The summed E-state index contributed by atoms with van der Waals surface area (Å²) in [6.07, 6.45) is 7.20. The highest BCUT2D eigenvalue weighted by Crippen LogP contribution is 1.98. The van der Waals surface area contributed by atoms with Crippen LogP contribution in [0.5, 0.6) is 0 Å². The second-order valence-electron chi connectivity index (χ2n) is 3.76. The van der Waals surface area contributed by atoms with Crippen LogP contribution in [0.1, 0.15) is 39.5 Å². The van der Waals surface area contributed by atoms with E-state index in [1.165, 1.54) is 0 Å². The van der Waals surface area contributed by atoms with E-state index in [1.54, 1.807) is 6.92 Å². The third kappa shape index (κ3) is 10.7. The first-order valence-electron chi connectivity index (χ1n) is 5.78. The SMILES string of the molecule is CC/C=C\CCCC(=O)NC(C)CO[N+](=O)[O-]. The molecule has 0 fully saturated rings. The summed E-state index contributed by atoms with van der Waals surface area (Å²) >= 11 is 0. The van der Waals surface area contributed by atoms with Crippen molar-refractivity contribution in [1.29, 1.82) is 0 Å². The summed E-state index contributed by atoms with van der Waals surface area (Å²) in [4.78, 5) is 25.5. The molecular weight excluding hydrogens is 224 g/mol. The summed E-state index contributed by atoms with van der Waals surface area (Å²) < 4.78 is 0. The van der Waals surface area contributed by atoms with Crippen LogP contribution in [0.25, 0.3) is 0 Å². The monoisotopic (exact) mass is 244 g/mol. The number of nitrogens with zero attached hydrogens (tertiary/aromatic N) is 1. The van der Waals surface area contributed by atoms with Gasteiger partial charge in [0.25, 0.3) is 5.09 Å². The zero-order chi connectivity index (χ0) is 13.1. The summed E-state index contributed by atoms with van der Waals surface area (Å²) in [5, 5.41) is 11.7. The van der Waals surface area contributed by atoms with Crippen LogP contribution in [0.4, 0.5) is 0 Å². The molecule has 1 N–H and O–H groups in total. The molecule has 0 saturated heterocycles. The molecule has 0 saturated carbocycles. The van der Waals surface area contributed by atoms with Gasteiger partial charge in [0.15, 0.2) is 0 Å². The van der Waals surface area contributed by atoms with Gasteiger partial charge in [0, 0.05) is 12.5 Å². The molecule has 0 spiro atoms. The quantitative estimate of drug-likeness (QED) is 0.290. The van der Waals surface area contributed by atoms with Gasteiger partial charge in [-0.15, -0.1) is 10.1 Å². The van der Waals surface area contributed by atoms with Gasteiger partial charge in [0.2, 0.25) is 5.91 Å². The first-order chi connectivity index (χ1) is 8.06. The molecular formula is C11H20N2O4. The van der Waals surface area contributed by atoms with Gasteiger partial charge < -0.3 is 10.2 Å². The van der Waals surface area contributed by atoms with Gasteiger partial charge in [0.1, 0.15) is 6.61 Å². The molecule has 0 aliphatic carbocycles. The third-order valence-corrected chi connectivity index (χ3v) is 2.01. The number of hydrogen-bond donors (Lipinski definition) is 1. The number of unbranched alkanes of at least 4 members (excludes halogenated alkanes) is 1. The topological polar surface area (TPSA) is 81.5 Å². The maximum Gasteiger partial charge on any atom is 0.294 e. The maximum absolute atomic E-state index is 11.4. The van der Waals surface area contributed by atoms with Gasteiger partial charge >= 0.3 is 0 Å². The summed E-state index contributed by atoms with van der Waals surface area (Å²) in [5.74, 6) is -0.102. The Morgan fingerprint density at radius 1 is 1.53 bits per heavy atom. The van der Waals surface area contributed by atoms with E-state index < -0.39 is 5.09 Å². The maximum atomic E-state index is 11.4. The molecule has 0 aromatic rings. The number of nitrogens with one attached hydrogen (secondary N) is 1. The molecule has 0 radical (unpaired) electrons. The fourth-order valence-electron chi connectivity index (χ4n) is 1.23. The van der Waals surface area contributed by atoms with Gasteiger partial charge in [0.05, 0.1) is 0 Å². The first-order valence-corrected chi connectivity index (χ1v) is 5.78. The van der Waals surface area contributed by atoms with Crippen LogP contribution in [-0.4, -0.2) is 23.6 Å². The first kappa shape index (κ1) is 15.4. The predicted octanol–water partition coefficient (Wildman–Crippen LogP) is 1.84. The second kappa shape index (κ2) is 9.62. The van der Waals surface area contributed by atoms with Crippen molar-refractivity contribution in [2.75, 3.05) is 6.61 Å². The van der Waals surface area contributed by atoms with E-state index in [1.807, 2.05) is 6.08 Å².